The normalized spacial score (nSPS) is 10.8. The van der Waals surface area contributed by atoms with E-state index < -0.39 is 0 Å². The van der Waals surface area contributed by atoms with E-state index in [4.69, 9.17) is 4.52 Å². The Balaban J connectivity index is 1.89. The molecule has 2 aromatic rings. The van der Waals surface area contributed by atoms with E-state index >= 15 is 0 Å². The average molecular weight is 230 g/mol. The Labute approximate surface area is 102 Å². The lowest BCUT2D eigenvalue weighted by Gasteiger charge is -2.05. The van der Waals surface area contributed by atoms with Crippen LogP contribution in [0.4, 0.5) is 0 Å². The smallest absolute Gasteiger partial charge is 0.150 e. The Bertz CT molecular complexity index is 482. The van der Waals surface area contributed by atoms with Gasteiger partial charge in [-0.05, 0) is 26.3 Å². The molecule has 1 aromatic carbocycles. The Morgan fingerprint density at radius 2 is 1.71 bits per heavy atom. The molecule has 0 saturated heterocycles. The fourth-order valence-electron chi connectivity index (χ4n) is 2.00. The SMILES string of the molecule is Cc1cc(C)cc(CNCc2cc(C)no2)c1. The second kappa shape index (κ2) is 5.15. The summed E-state index contributed by atoms with van der Waals surface area (Å²) in [5, 5.41) is 7.21. The van der Waals surface area contributed by atoms with Crippen LogP contribution in [0.1, 0.15) is 28.1 Å². The topological polar surface area (TPSA) is 38.1 Å². The molecule has 2 rings (SSSR count). The third-order valence-corrected chi connectivity index (χ3v) is 2.59. The monoisotopic (exact) mass is 230 g/mol. The maximum absolute atomic E-state index is 5.14. The lowest BCUT2D eigenvalue weighted by atomic mass is 10.1. The van der Waals surface area contributed by atoms with Crippen LogP contribution in [0.25, 0.3) is 0 Å². The fraction of sp³-hybridized carbons (Fsp3) is 0.357. The maximum Gasteiger partial charge on any atom is 0.150 e. The van der Waals surface area contributed by atoms with Gasteiger partial charge in [0, 0.05) is 12.6 Å². The van der Waals surface area contributed by atoms with Gasteiger partial charge in [-0.15, -0.1) is 0 Å². The molecule has 0 bridgehead atoms. The summed E-state index contributed by atoms with van der Waals surface area (Å²) in [6, 6.07) is 8.54. The lowest BCUT2D eigenvalue weighted by molar-refractivity contribution is 0.369. The van der Waals surface area contributed by atoms with Crippen molar-refractivity contribution in [2.45, 2.75) is 33.9 Å². The van der Waals surface area contributed by atoms with Crippen LogP contribution in [0.5, 0.6) is 0 Å². The van der Waals surface area contributed by atoms with Crippen molar-refractivity contribution in [3.05, 3.63) is 52.4 Å². The highest BCUT2D eigenvalue weighted by Gasteiger charge is 2.00. The number of benzene rings is 1. The first kappa shape index (κ1) is 11.9. The molecule has 0 fully saturated rings. The number of nitrogens with zero attached hydrogens (tertiary/aromatic N) is 1. The summed E-state index contributed by atoms with van der Waals surface area (Å²) in [5.41, 5.74) is 4.83. The van der Waals surface area contributed by atoms with E-state index in [1.165, 1.54) is 16.7 Å². The largest absolute Gasteiger partial charge is 0.360 e. The highest BCUT2D eigenvalue weighted by atomic mass is 16.5. The van der Waals surface area contributed by atoms with Crippen LogP contribution in [0.2, 0.25) is 0 Å². The Kier molecular flexibility index (Phi) is 3.59. The minimum atomic E-state index is 0.716. The highest BCUT2D eigenvalue weighted by molar-refractivity contribution is 5.28. The zero-order valence-electron chi connectivity index (χ0n) is 10.6. The zero-order valence-corrected chi connectivity index (χ0v) is 10.6. The molecule has 0 saturated carbocycles. The van der Waals surface area contributed by atoms with Gasteiger partial charge in [0.25, 0.3) is 0 Å². The van der Waals surface area contributed by atoms with E-state index in [2.05, 4.69) is 42.5 Å². The molecule has 0 aliphatic carbocycles. The van der Waals surface area contributed by atoms with Crippen molar-refractivity contribution in [3.8, 4) is 0 Å². The molecule has 0 amide bonds. The Morgan fingerprint density at radius 3 is 2.29 bits per heavy atom. The molecule has 0 aliphatic heterocycles. The molecular formula is C14H18N2O. The van der Waals surface area contributed by atoms with Gasteiger partial charge in [-0.2, -0.15) is 0 Å². The second-order valence-electron chi connectivity index (χ2n) is 4.53. The summed E-state index contributed by atoms with van der Waals surface area (Å²) in [7, 11) is 0. The summed E-state index contributed by atoms with van der Waals surface area (Å²) >= 11 is 0. The third-order valence-electron chi connectivity index (χ3n) is 2.59. The van der Waals surface area contributed by atoms with E-state index in [9.17, 15) is 0 Å². The van der Waals surface area contributed by atoms with Gasteiger partial charge in [-0.1, -0.05) is 34.5 Å². The molecule has 3 heteroatoms. The van der Waals surface area contributed by atoms with Crippen molar-refractivity contribution < 1.29 is 4.52 Å². The molecule has 0 radical (unpaired) electrons. The van der Waals surface area contributed by atoms with Gasteiger partial charge in [0.1, 0.15) is 0 Å². The molecule has 0 spiro atoms. The summed E-state index contributed by atoms with van der Waals surface area (Å²) in [6.07, 6.45) is 0. The molecular weight excluding hydrogens is 212 g/mol. The van der Waals surface area contributed by atoms with Crippen LogP contribution in [-0.2, 0) is 13.1 Å². The molecule has 17 heavy (non-hydrogen) atoms. The van der Waals surface area contributed by atoms with E-state index in [1.807, 2.05) is 13.0 Å². The van der Waals surface area contributed by atoms with Crippen LogP contribution in [0.3, 0.4) is 0 Å². The van der Waals surface area contributed by atoms with Gasteiger partial charge in [-0.3, -0.25) is 0 Å². The Morgan fingerprint density at radius 1 is 1.00 bits per heavy atom. The molecule has 0 atom stereocenters. The van der Waals surface area contributed by atoms with Gasteiger partial charge in [0.05, 0.1) is 12.2 Å². The van der Waals surface area contributed by atoms with E-state index in [1.54, 1.807) is 0 Å². The first-order valence-electron chi connectivity index (χ1n) is 5.83. The number of rotatable bonds is 4. The standard InChI is InChI=1S/C14H18N2O/c1-10-4-11(2)6-13(5-10)8-15-9-14-7-12(3)16-17-14/h4-7,15H,8-9H2,1-3H3. The van der Waals surface area contributed by atoms with Crippen molar-refractivity contribution in [3.63, 3.8) is 0 Å². The molecule has 3 nitrogen and oxygen atoms in total. The molecule has 90 valence electrons. The van der Waals surface area contributed by atoms with Crippen molar-refractivity contribution in [1.82, 2.24) is 10.5 Å². The molecule has 0 aliphatic rings. The first-order valence-corrected chi connectivity index (χ1v) is 5.83. The number of hydrogen-bond acceptors (Lipinski definition) is 3. The first-order chi connectivity index (χ1) is 8.13. The van der Waals surface area contributed by atoms with E-state index in [0.717, 1.165) is 18.0 Å². The van der Waals surface area contributed by atoms with Crippen molar-refractivity contribution >= 4 is 0 Å². The second-order valence-corrected chi connectivity index (χ2v) is 4.53. The van der Waals surface area contributed by atoms with Gasteiger partial charge < -0.3 is 9.84 Å². The van der Waals surface area contributed by atoms with Gasteiger partial charge in [0.15, 0.2) is 5.76 Å². The zero-order chi connectivity index (χ0) is 12.3. The minimum Gasteiger partial charge on any atom is -0.360 e. The summed E-state index contributed by atoms with van der Waals surface area (Å²) in [6.45, 7) is 7.74. The predicted octanol–water partition coefficient (Wildman–Crippen LogP) is 2.89. The van der Waals surface area contributed by atoms with Gasteiger partial charge >= 0.3 is 0 Å². The van der Waals surface area contributed by atoms with Crippen LogP contribution in [0.15, 0.2) is 28.8 Å². The lowest BCUT2D eigenvalue weighted by Crippen LogP contribution is -2.12. The van der Waals surface area contributed by atoms with E-state index in [0.29, 0.717) is 6.54 Å². The third kappa shape index (κ3) is 3.43. The average Bonchev–Trinajstić information content (AvgIpc) is 2.63. The van der Waals surface area contributed by atoms with Crippen LogP contribution >= 0.6 is 0 Å². The number of aromatic nitrogens is 1. The fourth-order valence-corrected chi connectivity index (χ4v) is 2.00. The van der Waals surface area contributed by atoms with Crippen molar-refractivity contribution in [2.24, 2.45) is 0 Å². The van der Waals surface area contributed by atoms with Gasteiger partial charge in [-0.25, -0.2) is 0 Å². The summed E-state index contributed by atoms with van der Waals surface area (Å²) < 4.78 is 5.14. The molecule has 0 unspecified atom stereocenters. The molecule has 1 heterocycles. The van der Waals surface area contributed by atoms with E-state index in [-0.39, 0.29) is 0 Å². The summed E-state index contributed by atoms with van der Waals surface area (Å²) in [5.74, 6) is 0.881. The maximum atomic E-state index is 5.14. The highest BCUT2D eigenvalue weighted by Crippen LogP contribution is 2.09. The van der Waals surface area contributed by atoms with Crippen LogP contribution in [-0.4, -0.2) is 5.16 Å². The van der Waals surface area contributed by atoms with Crippen molar-refractivity contribution in [2.75, 3.05) is 0 Å². The number of nitrogens with one attached hydrogen (secondary N) is 1. The number of hydrogen-bond donors (Lipinski definition) is 1. The quantitative estimate of drug-likeness (QED) is 0.877. The Hall–Kier alpha value is -1.61. The summed E-state index contributed by atoms with van der Waals surface area (Å²) in [4.78, 5) is 0. The molecule has 1 N–H and O–H groups in total. The molecule has 1 aromatic heterocycles. The van der Waals surface area contributed by atoms with Crippen LogP contribution in [0, 0.1) is 20.8 Å². The minimum absolute atomic E-state index is 0.716. The van der Waals surface area contributed by atoms with Gasteiger partial charge in [0.2, 0.25) is 0 Å². The van der Waals surface area contributed by atoms with Crippen LogP contribution < -0.4 is 5.32 Å². The predicted molar refractivity (Wildman–Crippen MR) is 67.7 cm³/mol. The van der Waals surface area contributed by atoms with Crippen molar-refractivity contribution in [1.29, 1.82) is 0 Å². The number of aryl methyl sites for hydroxylation is 3.